The zero-order chi connectivity index (χ0) is 14.4. The summed E-state index contributed by atoms with van der Waals surface area (Å²) in [5.74, 6) is 0.933. The SMILES string of the molecule is CCOc1ccc(CNC(C)c2ccc(C)cc2)cc1. The Morgan fingerprint density at radius 1 is 1.00 bits per heavy atom. The van der Waals surface area contributed by atoms with Crippen LogP contribution in [0.1, 0.15) is 36.6 Å². The number of hydrogen-bond donors (Lipinski definition) is 1. The van der Waals surface area contributed by atoms with Gasteiger partial charge in [0.1, 0.15) is 5.75 Å². The number of benzene rings is 2. The van der Waals surface area contributed by atoms with Crippen LogP contribution in [0.3, 0.4) is 0 Å². The largest absolute Gasteiger partial charge is 0.494 e. The fraction of sp³-hybridized carbons (Fsp3) is 0.333. The van der Waals surface area contributed by atoms with E-state index in [1.165, 1.54) is 16.7 Å². The van der Waals surface area contributed by atoms with Gasteiger partial charge in [-0.15, -0.1) is 0 Å². The fourth-order valence-corrected chi connectivity index (χ4v) is 2.11. The fourth-order valence-electron chi connectivity index (χ4n) is 2.11. The minimum Gasteiger partial charge on any atom is -0.494 e. The van der Waals surface area contributed by atoms with E-state index in [4.69, 9.17) is 4.74 Å². The molecule has 1 N–H and O–H groups in total. The maximum absolute atomic E-state index is 5.45. The number of rotatable bonds is 6. The zero-order valence-corrected chi connectivity index (χ0v) is 12.5. The van der Waals surface area contributed by atoms with Crippen molar-refractivity contribution < 1.29 is 4.74 Å². The van der Waals surface area contributed by atoms with Crippen LogP contribution in [-0.4, -0.2) is 6.61 Å². The molecule has 0 saturated heterocycles. The summed E-state index contributed by atoms with van der Waals surface area (Å²) in [4.78, 5) is 0. The van der Waals surface area contributed by atoms with Gasteiger partial charge in [-0.05, 0) is 44.0 Å². The topological polar surface area (TPSA) is 21.3 Å². The van der Waals surface area contributed by atoms with Crippen LogP contribution >= 0.6 is 0 Å². The second-order valence-electron chi connectivity index (χ2n) is 5.09. The summed E-state index contributed by atoms with van der Waals surface area (Å²) >= 11 is 0. The number of ether oxygens (including phenoxy) is 1. The first-order chi connectivity index (χ1) is 9.69. The second-order valence-corrected chi connectivity index (χ2v) is 5.09. The molecule has 0 spiro atoms. The zero-order valence-electron chi connectivity index (χ0n) is 12.5. The van der Waals surface area contributed by atoms with E-state index in [1.54, 1.807) is 0 Å². The van der Waals surface area contributed by atoms with Crippen molar-refractivity contribution in [3.8, 4) is 5.75 Å². The van der Waals surface area contributed by atoms with E-state index in [0.29, 0.717) is 12.6 Å². The first-order valence-electron chi connectivity index (χ1n) is 7.20. The van der Waals surface area contributed by atoms with Crippen LogP contribution in [0.4, 0.5) is 0 Å². The number of aryl methyl sites for hydroxylation is 1. The molecule has 0 aromatic heterocycles. The molecule has 0 amide bonds. The van der Waals surface area contributed by atoms with Crippen molar-refractivity contribution >= 4 is 0 Å². The Bertz CT molecular complexity index is 516. The van der Waals surface area contributed by atoms with Gasteiger partial charge in [-0.2, -0.15) is 0 Å². The quantitative estimate of drug-likeness (QED) is 0.846. The van der Waals surface area contributed by atoms with Crippen LogP contribution in [-0.2, 0) is 6.54 Å². The first kappa shape index (κ1) is 14.6. The summed E-state index contributed by atoms with van der Waals surface area (Å²) in [5.41, 5.74) is 3.89. The van der Waals surface area contributed by atoms with Crippen LogP contribution in [0.15, 0.2) is 48.5 Å². The summed E-state index contributed by atoms with van der Waals surface area (Å²) in [6.07, 6.45) is 0. The number of nitrogens with one attached hydrogen (secondary N) is 1. The van der Waals surface area contributed by atoms with Gasteiger partial charge in [0.05, 0.1) is 6.61 Å². The van der Waals surface area contributed by atoms with Crippen molar-refractivity contribution in [2.75, 3.05) is 6.61 Å². The van der Waals surface area contributed by atoms with Gasteiger partial charge in [-0.25, -0.2) is 0 Å². The average molecular weight is 269 g/mol. The van der Waals surface area contributed by atoms with Crippen molar-refractivity contribution in [1.82, 2.24) is 5.32 Å². The molecule has 106 valence electrons. The molecule has 0 fully saturated rings. The molecule has 0 aliphatic heterocycles. The van der Waals surface area contributed by atoms with Gasteiger partial charge in [0.2, 0.25) is 0 Å². The van der Waals surface area contributed by atoms with E-state index in [2.05, 4.69) is 55.6 Å². The minimum absolute atomic E-state index is 0.349. The van der Waals surface area contributed by atoms with Crippen molar-refractivity contribution in [1.29, 1.82) is 0 Å². The lowest BCUT2D eigenvalue weighted by Gasteiger charge is -2.15. The molecule has 1 atom stereocenters. The van der Waals surface area contributed by atoms with Crippen LogP contribution in [0.2, 0.25) is 0 Å². The predicted molar refractivity (Wildman–Crippen MR) is 84.0 cm³/mol. The molecule has 0 aliphatic carbocycles. The molecule has 2 heteroatoms. The van der Waals surface area contributed by atoms with Crippen molar-refractivity contribution in [2.45, 2.75) is 33.4 Å². The van der Waals surface area contributed by atoms with Gasteiger partial charge < -0.3 is 10.1 Å². The highest BCUT2D eigenvalue weighted by Crippen LogP contribution is 2.15. The Morgan fingerprint density at radius 3 is 2.25 bits per heavy atom. The summed E-state index contributed by atoms with van der Waals surface area (Å²) < 4.78 is 5.45. The Kier molecular flexibility index (Phi) is 5.19. The lowest BCUT2D eigenvalue weighted by atomic mass is 10.1. The van der Waals surface area contributed by atoms with E-state index in [9.17, 15) is 0 Å². The van der Waals surface area contributed by atoms with E-state index in [0.717, 1.165) is 12.3 Å². The van der Waals surface area contributed by atoms with Gasteiger partial charge in [0.25, 0.3) is 0 Å². The van der Waals surface area contributed by atoms with Gasteiger partial charge in [0, 0.05) is 12.6 Å². The molecular weight excluding hydrogens is 246 g/mol. The summed E-state index contributed by atoms with van der Waals surface area (Å²) in [5, 5.41) is 3.55. The molecule has 2 aromatic carbocycles. The summed E-state index contributed by atoms with van der Waals surface area (Å²) in [6, 6.07) is 17.3. The lowest BCUT2D eigenvalue weighted by molar-refractivity contribution is 0.340. The third-order valence-electron chi connectivity index (χ3n) is 3.42. The van der Waals surface area contributed by atoms with Crippen molar-refractivity contribution in [2.24, 2.45) is 0 Å². The van der Waals surface area contributed by atoms with Crippen molar-refractivity contribution in [3.05, 3.63) is 65.2 Å². The monoisotopic (exact) mass is 269 g/mol. The van der Waals surface area contributed by atoms with Crippen LogP contribution in [0.25, 0.3) is 0 Å². The van der Waals surface area contributed by atoms with Crippen molar-refractivity contribution in [3.63, 3.8) is 0 Å². The van der Waals surface area contributed by atoms with E-state index in [1.807, 2.05) is 19.1 Å². The summed E-state index contributed by atoms with van der Waals surface area (Å²) in [7, 11) is 0. The van der Waals surface area contributed by atoms with Crippen LogP contribution < -0.4 is 10.1 Å². The van der Waals surface area contributed by atoms with E-state index < -0.39 is 0 Å². The Hall–Kier alpha value is -1.80. The Morgan fingerprint density at radius 2 is 1.65 bits per heavy atom. The van der Waals surface area contributed by atoms with Crippen LogP contribution in [0.5, 0.6) is 5.75 Å². The van der Waals surface area contributed by atoms with Gasteiger partial charge >= 0.3 is 0 Å². The molecule has 2 nitrogen and oxygen atoms in total. The summed E-state index contributed by atoms with van der Waals surface area (Å²) in [6.45, 7) is 7.88. The van der Waals surface area contributed by atoms with Crippen LogP contribution in [0, 0.1) is 6.92 Å². The highest BCUT2D eigenvalue weighted by Gasteiger charge is 2.04. The van der Waals surface area contributed by atoms with Gasteiger partial charge in [-0.3, -0.25) is 0 Å². The second kappa shape index (κ2) is 7.11. The third-order valence-corrected chi connectivity index (χ3v) is 3.42. The molecule has 0 heterocycles. The highest BCUT2D eigenvalue weighted by molar-refractivity contribution is 5.28. The maximum atomic E-state index is 5.45. The molecule has 0 bridgehead atoms. The predicted octanol–water partition coefficient (Wildman–Crippen LogP) is 4.24. The number of hydrogen-bond acceptors (Lipinski definition) is 2. The molecule has 1 unspecified atom stereocenters. The Labute approximate surface area is 121 Å². The lowest BCUT2D eigenvalue weighted by Crippen LogP contribution is -2.17. The van der Waals surface area contributed by atoms with Gasteiger partial charge in [0.15, 0.2) is 0 Å². The highest BCUT2D eigenvalue weighted by atomic mass is 16.5. The van der Waals surface area contributed by atoms with E-state index >= 15 is 0 Å². The van der Waals surface area contributed by atoms with Gasteiger partial charge in [-0.1, -0.05) is 42.0 Å². The standard InChI is InChI=1S/C18H23NO/c1-4-20-18-11-7-16(8-12-18)13-19-15(3)17-9-5-14(2)6-10-17/h5-12,15,19H,4,13H2,1-3H3. The maximum Gasteiger partial charge on any atom is 0.119 e. The average Bonchev–Trinajstić information content (AvgIpc) is 2.47. The van der Waals surface area contributed by atoms with E-state index in [-0.39, 0.29) is 0 Å². The molecule has 2 aromatic rings. The Balaban J connectivity index is 1.89. The molecule has 20 heavy (non-hydrogen) atoms. The third kappa shape index (κ3) is 4.10. The molecule has 0 saturated carbocycles. The molecular formula is C18H23NO. The normalized spacial score (nSPS) is 12.2. The molecule has 0 radical (unpaired) electrons. The smallest absolute Gasteiger partial charge is 0.119 e. The molecule has 0 aliphatic rings. The first-order valence-corrected chi connectivity index (χ1v) is 7.20. The minimum atomic E-state index is 0.349. The molecule has 2 rings (SSSR count).